The molecule has 1 amide bonds. The Labute approximate surface area is 217 Å². The Morgan fingerprint density at radius 2 is 1.43 bits per heavy atom. The van der Waals surface area contributed by atoms with Crippen molar-refractivity contribution in [3.05, 3.63) is 111 Å². The molecule has 0 aliphatic carbocycles. The quantitative estimate of drug-likeness (QED) is 0.376. The van der Waals surface area contributed by atoms with Crippen molar-refractivity contribution in [3.8, 4) is 0 Å². The van der Waals surface area contributed by atoms with Crippen LogP contribution in [0.2, 0.25) is 0 Å². The van der Waals surface area contributed by atoms with Gasteiger partial charge in [-0.3, -0.25) is 19.1 Å². The van der Waals surface area contributed by atoms with E-state index in [2.05, 4.69) is 9.88 Å². The Hall–Kier alpha value is -3.69. The van der Waals surface area contributed by atoms with Crippen molar-refractivity contribution in [2.24, 2.45) is 0 Å². The summed E-state index contributed by atoms with van der Waals surface area (Å²) in [5.41, 5.74) is 2.27. The Morgan fingerprint density at radius 3 is 2.03 bits per heavy atom. The molecule has 0 radical (unpaired) electrons. The number of carbonyl (C=O) groups excluding carboxylic acids is 1. The van der Waals surface area contributed by atoms with Gasteiger partial charge in [0.15, 0.2) is 4.77 Å². The highest BCUT2D eigenvalue weighted by atomic mass is 32.1. The fourth-order valence-electron chi connectivity index (χ4n) is 4.90. The van der Waals surface area contributed by atoms with Gasteiger partial charge in [-0.2, -0.15) is 0 Å². The molecule has 2 heterocycles. The normalized spacial score (nSPS) is 14.4. The number of hydrogen-bond acceptors (Lipinski definition) is 4. The van der Waals surface area contributed by atoms with Crippen molar-refractivity contribution in [2.75, 3.05) is 26.2 Å². The van der Waals surface area contributed by atoms with Crippen LogP contribution in [-0.4, -0.2) is 51.4 Å². The van der Waals surface area contributed by atoms with Gasteiger partial charge in [0, 0.05) is 39.1 Å². The summed E-state index contributed by atoms with van der Waals surface area (Å²) >= 11 is 5.36. The third-order valence-corrected chi connectivity index (χ3v) is 7.16. The second-order valence-corrected chi connectivity index (χ2v) is 9.49. The average molecular weight is 521 g/mol. The number of nitrogens with zero attached hydrogens (tertiary/aromatic N) is 3. The summed E-state index contributed by atoms with van der Waals surface area (Å²) in [6.07, 6.45) is 0.162. The van der Waals surface area contributed by atoms with Gasteiger partial charge in [-0.05, 0) is 59.7 Å². The predicted molar refractivity (Wildman–Crippen MR) is 141 cm³/mol. The summed E-state index contributed by atoms with van der Waals surface area (Å²) < 4.78 is 28.9. The van der Waals surface area contributed by atoms with Gasteiger partial charge < -0.3 is 9.88 Å². The highest BCUT2D eigenvalue weighted by Gasteiger charge is 2.28. The molecule has 1 saturated heterocycles. The van der Waals surface area contributed by atoms with Crippen LogP contribution in [0.5, 0.6) is 0 Å². The maximum absolute atomic E-state index is 13.6. The number of benzene rings is 3. The van der Waals surface area contributed by atoms with Gasteiger partial charge in [-0.25, -0.2) is 8.78 Å². The zero-order chi connectivity index (χ0) is 25.9. The molecular formula is C28H26F2N4O2S. The number of para-hydroxylation sites is 1. The number of amides is 1. The van der Waals surface area contributed by atoms with Crippen LogP contribution in [0.15, 0.2) is 77.6 Å². The van der Waals surface area contributed by atoms with Crippen molar-refractivity contribution in [2.45, 2.75) is 19.0 Å². The fraction of sp³-hybridized carbons (Fsp3) is 0.250. The zero-order valence-electron chi connectivity index (χ0n) is 20.1. The van der Waals surface area contributed by atoms with Crippen LogP contribution in [0.3, 0.4) is 0 Å². The second kappa shape index (κ2) is 10.7. The number of aromatic nitrogens is 2. The number of fused-ring (bicyclic) bond motifs is 1. The SMILES string of the molecule is O=C(CCn1c(=S)[nH]c2ccccc2c1=O)N1CCN(C(c2ccc(F)cc2)c2ccc(F)cc2)CC1. The van der Waals surface area contributed by atoms with E-state index in [1.165, 1.54) is 28.8 Å². The number of nitrogens with one attached hydrogen (secondary N) is 1. The van der Waals surface area contributed by atoms with Crippen LogP contribution in [-0.2, 0) is 11.3 Å². The number of H-pyrrole nitrogens is 1. The molecule has 0 spiro atoms. The standard InChI is InChI=1S/C28H26F2N4O2S/c29-21-9-5-19(6-10-21)26(20-7-11-22(30)12-8-20)33-17-15-32(16-18-33)25(35)13-14-34-27(36)23-3-1-2-4-24(23)31-28(34)37/h1-12,26H,13-18H2,(H,31,37). The van der Waals surface area contributed by atoms with E-state index >= 15 is 0 Å². The molecule has 1 aliphatic rings. The third kappa shape index (κ3) is 5.38. The summed E-state index contributed by atoms with van der Waals surface area (Å²) in [4.78, 5) is 32.9. The van der Waals surface area contributed by atoms with Gasteiger partial charge in [0.2, 0.25) is 5.91 Å². The minimum absolute atomic E-state index is 0.0470. The lowest BCUT2D eigenvalue weighted by atomic mass is 9.96. The highest BCUT2D eigenvalue weighted by molar-refractivity contribution is 7.71. The highest BCUT2D eigenvalue weighted by Crippen LogP contribution is 2.30. The Kier molecular flexibility index (Phi) is 7.25. The molecule has 1 aromatic heterocycles. The number of aromatic amines is 1. The van der Waals surface area contributed by atoms with E-state index in [4.69, 9.17) is 12.2 Å². The molecule has 0 saturated carbocycles. The lowest BCUT2D eigenvalue weighted by Gasteiger charge is -2.40. The van der Waals surface area contributed by atoms with Crippen LogP contribution in [0, 0.1) is 16.4 Å². The predicted octanol–water partition coefficient (Wildman–Crippen LogP) is 4.66. The Balaban J connectivity index is 1.27. The second-order valence-electron chi connectivity index (χ2n) is 9.10. The minimum Gasteiger partial charge on any atom is -0.340 e. The first kappa shape index (κ1) is 25.0. The number of piperazine rings is 1. The zero-order valence-corrected chi connectivity index (χ0v) is 20.9. The molecule has 190 valence electrons. The molecule has 9 heteroatoms. The molecule has 5 rings (SSSR count). The first-order valence-corrected chi connectivity index (χ1v) is 12.6. The lowest BCUT2D eigenvalue weighted by molar-refractivity contribution is -0.133. The smallest absolute Gasteiger partial charge is 0.262 e. The first-order valence-electron chi connectivity index (χ1n) is 12.2. The molecule has 1 N–H and O–H groups in total. The molecule has 3 aromatic carbocycles. The maximum atomic E-state index is 13.6. The Morgan fingerprint density at radius 1 is 0.865 bits per heavy atom. The molecule has 1 fully saturated rings. The monoisotopic (exact) mass is 520 g/mol. The molecular weight excluding hydrogens is 494 g/mol. The topological polar surface area (TPSA) is 61.3 Å². The van der Waals surface area contributed by atoms with E-state index in [0.717, 1.165) is 11.1 Å². The summed E-state index contributed by atoms with van der Waals surface area (Å²) in [5, 5.41) is 0.532. The molecule has 1 aliphatic heterocycles. The molecule has 4 aromatic rings. The van der Waals surface area contributed by atoms with Gasteiger partial charge in [0.25, 0.3) is 5.56 Å². The van der Waals surface area contributed by atoms with Crippen molar-refractivity contribution in [1.29, 1.82) is 0 Å². The van der Waals surface area contributed by atoms with Gasteiger partial charge in [-0.15, -0.1) is 0 Å². The summed E-state index contributed by atoms with van der Waals surface area (Å²) in [6.45, 7) is 2.42. The average Bonchev–Trinajstić information content (AvgIpc) is 2.91. The van der Waals surface area contributed by atoms with Gasteiger partial charge in [-0.1, -0.05) is 36.4 Å². The van der Waals surface area contributed by atoms with Gasteiger partial charge in [0.05, 0.1) is 16.9 Å². The van der Waals surface area contributed by atoms with Gasteiger partial charge >= 0.3 is 0 Å². The molecule has 6 nitrogen and oxygen atoms in total. The van der Waals surface area contributed by atoms with Crippen LogP contribution < -0.4 is 5.56 Å². The fourth-order valence-corrected chi connectivity index (χ4v) is 5.19. The lowest BCUT2D eigenvalue weighted by Crippen LogP contribution is -2.50. The molecule has 0 atom stereocenters. The number of halogens is 2. The van der Waals surface area contributed by atoms with E-state index in [0.29, 0.717) is 41.9 Å². The van der Waals surface area contributed by atoms with E-state index in [-0.39, 0.29) is 42.1 Å². The number of rotatable bonds is 6. The molecule has 0 unspecified atom stereocenters. The first-order chi connectivity index (χ1) is 17.9. The van der Waals surface area contributed by atoms with Crippen molar-refractivity contribution >= 4 is 29.0 Å². The van der Waals surface area contributed by atoms with Crippen molar-refractivity contribution < 1.29 is 13.6 Å². The minimum atomic E-state index is -0.317. The third-order valence-electron chi connectivity index (χ3n) is 6.84. The molecule has 0 bridgehead atoms. The van der Waals surface area contributed by atoms with Crippen molar-refractivity contribution in [1.82, 2.24) is 19.4 Å². The largest absolute Gasteiger partial charge is 0.340 e. The summed E-state index contributed by atoms with van der Waals surface area (Å²) in [6, 6.07) is 19.6. The number of hydrogen-bond donors (Lipinski definition) is 1. The Bertz CT molecular complexity index is 1480. The van der Waals surface area contributed by atoms with E-state index in [1.807, 2.05) is 6.07 Å². The van der Waals surface area contributed by atoms with E-state index in [1.54, 1.807) is 47.4 Å². The van der Waals surface area contributed by atoms with Crippen LogP contribution in [0.25, 0.3) is 10.9 Å². The van der Waals surface area contributed by atoms with E-state index in [9.17, 15) is 18.4 Å². The maximum Gasteiger partial charge on any atom is 0.262 e. The summed E-state index contributed by atoms with van der Waals surface area (Å²) in [7, 11) is 0. The summed E-state index contributed by atoms with van der Waals surface area (Å²) in [5.74, 6) is -0.681. The van der Waals surface area contributed by atoms with E-state index < -0.39 is 0 Å². The van der Waals surface area contributed by atoms with Crippen LogP contribution in [0.1, 0.15) is 23.6 Å². The van der Waals surface area contributed by atoms with Crippen LogP contribution >= 0.6 is 12.2 Å². The molecule has 37 heavy (non-hydrogen) atoms. The van der Waals surface area contributed by atoms with Crippen LogP contribution in [0.4, 0.5) is 8.78 Å². The van der Waals surface area contributed by atoms with Gasteiger partial charge in [0.1, 0.15) is 11.6 Å². The number of carbonyl (C=O) groups is 1. The van der Waals surface area contributed by atoms with Crippen molar-refractivity contribution in [3.63, 3.8) is 0 Å².